The van der Waals surface area contributed by atoms with Crippen molar-refractivity contribution in [3.05, 3.63) is 77.7 Å². The first kappa shape index (κ1) is 19.4. The van der Waals surface area contributed by atoms with Gasteiger partial charge in [0.2, 0.25) is 0 Å². The molecule has 0 radical (unpaired) electrons. The summed E-state index contributed by atoms with van der Waals surface area (Å²) in [5, 5.41) is 21.0. The van der Waals surface area contributed by atoms with Crippen LogP contribution in [0, 0.1) is 6.92 Å². The summed E-state index contributed by atoms with van der Waals surface area (Å²) in [5.41, 5.74) is 1.65. The average Bonchev–Trinajstić information content (AvgIpc) is 3.35. The second-order valence-electron chi connectivity index (χ2n) is 6.53. The number of nitrogens with zero attached hydrogens (tertiary/aromatic N) is 5. The Hall–Kier alpha value is -3.95. The van der Waals surface area contributed by atoms with Crippen LogP contribution in [0.1, 0.15) is 21.7 Å². The largest absolute Gasteiger partial charge is 0.478 e. The quantitative estimate of drug-likeness (QED) is 0.543. The Labute approximate surface area is 168 Å². The van der Waals surface area contributed by atoms with Crippen LogP contribution in [-0.4, -0.2) is 35.9 Å². The first-order chi connectivity index (χ1) is 14.2. The van der Waals surface area contributed by atoms with E-state index in [2.05, 4.69) is 15.4 Å². The molecule has 0 amide bonds. The number of carboxylic acids is 1. The lowest BCUT2D eigenvalue weighted by molar-refractivity contribution is -0.142. The van der Waals surface area contributed by atoms with Crippen molar-refractivity contribution in [2.24, 2.45) is 0 Å². The molecule has 7 nitrogen and oxygen atoms in total. The summed E-state index contributed by atoms with van der Waals surface area (Å²) in [6, 6.07) is 13.4. The van der Waals surface area contributed by atoms with Crippen molar-refractivity contribution < 1.29 is 23.1 Å². The second kappa shape index (κ2) is 7.14. The number of carboxylic acid groups (broad SMARTS) is 1. The summed E-state index contributed by atoms with van der Waals surface area (Å²) in [6.07, 6.45) is -2.87. The number of carbonyl (C=O) groups is 1. The minimum Gasteiger partial charge on any atom is -0.478 e. The van der Waals surface area contributed by atoms with Gasteiger partial charge in [-0.05, 0) is 49.4 Å². The van der Waals surface area contributed by atoms with Crippen LogP contribution >= 0.6 is 0 Å². The molecule has 0 aliphatic carbocycles. The summed E-state index contributed by atoms with van der Waals surface area (Å²) in [7, 11) is 0. The van der Waals surface area contributed by atoms with Gasteiger partial charge in [0.15, 0.2) is 0 Å². The summed E-state index contributed by atoms with van der Waals surface area (Å²) in [6.45, 7) is 1.50. The van der Waals surface area contributed by atoms with E-state index >= 15 is 0 Å². The predicted octanol–water partition coefficient (Wildman–Crippen LogP) is 4.15. The minimum absolute atomic E-state index is 0.161. The van der Waals surface area contributed by atoms with Gasteiger partial charge in [-0.15, -0.1) is 5.10 Å². The zero-order valence-corrected chi connectivity index (χ0v) is 15.5. The van der Waals surface area contributed by atoms with E-state index in [9.17, 15) is 18.0 Å². The van der Waals surface area contributed by atoms with Crippen molar-refractivity contribution >= 4 is 5.97 Å². The third-order valence-electron chi connectivity index (χ3n) is 4.40. The molecule has 1 N–H and O–H groups in total. The lowest BCUT2D eigenvalue weighted by Crippen LogP contribution is -2.13. The third-order valence-corrected chi connectivity index (χ3v) is 4.40. The number of hydrogen-bond donors (Lipinski definition) is 1. The Kier molecular flexibility index (Phi) is 4.61. The summed E-state index contributed by atoms with van der Waals surface area (Å²) < 4.78 is 42.0. The van der Waals surface area contributed by atoms with E-state index in [0.29, 0.717) is 16.9 Å². The highest BCUT2D eigenvalue weighted by molar-refractivity contribution is 5.88. The lowest BCUT2D eigenvalue weighted by atomic mass is 10.1. The molecule has 0 fully saturated rings. The molecule has 2 heterocycles. The Bertz CT molecular complexity index is 1210. The molecule has 0 atom stereocenters. The van der Waals surface area contributed by atoms with Crippen molar-refractivity contribution in [1.29, 1.82) is 0 Å². The second-order valence-corrected chi connectivity index (χ2v) is 6.53. The van der Waals surface area contributed by atoms with Crippen LogP contribution in [0.2, 0.25) is 0 Å². The van der Waals surface area contributed by atoms with Gasteiger partial charge in [0, 0.05) is 5.56 Å². The number of aryl methyl sites for hydroxylation is 1. The molecular formula is C20H14F3N5O2. The highest BCUT2D eigenvalue weighted by Gasteiger charge is 2.35. The van der Waals surface area contributed by atoms with Crippen LogP contribution in [0.15, 0.2) is 60.8 Å². The van der Waals surface area contributed by atoms with Gasteiger partial charge >= 0.3 is 12.1 Å². The van der Waals surface area contributed by atoms with E-state index in [4.69, 9.17) is 5.11 Å². The molecular weight excluding hydrogens is 399 g/mol. The van der Waals surface area contributed by atoms with Crippen LogP contribution in [-0.2, 0) is 6.18 Å². The molecule has 0 bridgehead atoms. The molecule has 2 aromatic carbocycles. The van der Waals surface area contributed by atoms with Gasteiger partial charge in [-0.25, -0.2) is 14.2 Å². The Morgan fingerprint density at radius 2 is 1.63 bits per heavy atom. The number of rotatable bonds is 4. The maximum absolute atomic E-state index is 13.2. The number of aromatic nitrogens is 5. The highest BCUT2D eigenvalue weighted by Crippen LogP contribution is 2.31. The molecule has 4 aromatic rings. The average molecular weight is 413 g/mol. The molecule has 2 aromatic heterocycles. The van der Waals surface area contributed by atoms with Crippen molar-refractivity contribution in [2.45, 2.75) is 13.1 Å². The first-order valence-corrected chi connectivity index (χ1v) is 8.73. The van der Waals surface area contributed by atoms with Gasteiger partial charge in [0.1, 0.15) is 11.4 Å². The molecule has 0 spiro atoms. The Morgan fingerprint density at radius 3 is 2.23 bits per heavy atom. The van der Waals surface area contributed by atoms with Crippen molar-refractivity contribution in [1.82, 2.24) is 24.8 Å². The summed E-state index contributed by atoms with van der Waals surface area (Å²) in [4.78, 5) is 10.9. The Balaban J connectivity index is 1.61. The SMILES string of the molecule is Cc1cc(C(F)(F)F)n(-c2ccc(-n3cc(-c4ccc(C(=O)O)cc4)nn3)cc2)n1. The molecule has 10 heteroatoms. The maximum Gasteiger partial charge on any atom is 0.433 e. The van der Waals surface area contributed by atoms with Gasteiger partial charge in [0.25, 0.3) is 0 Å². The fourth-order valence-electron chi connectivity index (χ4n) is 2.95. The topological polar surface area (TPSA) is 85.8 Å². The molecule has 0 aliphatic rings. The van der Waals surface area contributed by atoms with E-state index in [1.165, 1.54) is 35.9 Å². The van der Waals surface area contributed by atoms with E-state index < -0.39 is 17.8 Å². The van der Waals surface area contributed by atoms with Gasteiger partial charge in [-0.2, -0.15) is 18.3 Å². The number of benzene rings is 2. The van der Waals surface area contributed by atoms with Gasteiger partial charge in [0.05, 0.1) is 28.8 Å². The highest BCUT2D eigenvalue weighted by atomic mass is 19.4. The zero-order chi connectivity index (χ0) is 21.5. The molecule has 0 unspecified atom stereocenters. The summed E-state index contributed by atoms with van der Waals surface area (Å²) in [5.74, 6) is -1.02. The number of hydrogen-bond acceptors (Lipinski definition) is 4. The van der Waals surface area contributed by atoms with Crippen molar-refractivity contribution in [3.8, 4) is 22.6 Å². The van der Waals surface area contributed by atoms with Gasteiger partial charge in [-0.3, -0.25) is 0 Å². The first-order valence-electron chi connectivity index (χ1n) is 8.73. The van der Waals surface area contributed by atoms with E-state index in [1.807, 2.05) is 0 Å². The summed E-state index contributed by atoms with van der Waals surface area (Å²) >= 11 is 0. The number of halogens is 3. The minimum atomic E-state index is -4.52. The molecule has 30 heavy (non-hydrogen) atoms. The number of alkyl halides is 3. The third kappa shape index (κ3) is 3.66. The predicted molar refractivity (Wildman–Crippen MR) is 101 cm³/mol. The monoisotopic (exact) mass is 413 g/mol. The van der Waals surface area contributed by atoms with Crippen LogP contribution in [0.4, 0.5) is 13.2 Å². The standard InChI is InChI=1S/C20H14F3N5O2/c1-12-10-18(20(21,22)23)28(25-12)16-8-6-15(7-9-16)27-11-17(24-26-27)13-2-4-14(5-3-13)19(29)30/h2-11H,1H3,(H,29,30). The fourth-order valence-corrected chi connectivity index (χ4v) is 2.95. The van der Waals surface area contributed by atoms with E-state index in [1.54, 1.807) is 30.5 Å². The Morgan fingerprint density at radius 1 is 1.00 bits per heavy atom. The van der Waals surface area contributed by atoms with Crippen LogP contribution in [0.5, 0.6) is 0 Å². The maximum atomic E-state index is 13.2. The fraction of sp³-hybridized carbons (Fsp3) is 0.100. The molecule has 0 aliphatic heterocycles. The van der Waals surface area contributed by atoms with Gasteiger partial charge in [-0.1, -0.05) is 17.3 Å². The normalized spacial score (nSPS) is 11.6. The van der Waals surface area contributed by atoms with Crippen molar-refractivity contribution in [3.63, 3.8) is 0 Å². The zero-order valence-electron chi connectivity index (χ0n) is 15.5. The molecule has 0 saturated carbocycles. The molecule has 0 saturated heterocycles. The van der Waals surface area contributed by atoms with E-state index in [0.717, 1.165) is 10.7 Å². The van der Waals surface area contributed by atoms with Crippen LogP contribution < -0.4 is 0 Å². The molecule has 152 valence electrons. The lowest BCUT2D eigenvalue weighted by Gasteiger charge is -2.10. The van der Waals surface area contributed by atoms with Crippen LogP contribution in [0.3, 0.4) is 0 Å². The molecule has 4 rings (SSSR count). The smallest absolute Gasteiger partial charge is 0.433 e. The van der Waals surface area contributed by atoms with E-state index in [-0.39, 0.29) is 16.9 Å². The van der Waals surface area contributed by atoms with Crippen LogP contribution in [0.25, 0.3) is 22.6 Å². The van der Waals surface area contributed by atoms with Gasteiger partial charge < -0.3 is 5.11 Å². The van der Waals surface area contributed by atoms with Crippen molar-refractivity contribution in [2.75, 3.05) is 0 Å². The number of aromatic carboxylic acids is 1.